The van der Waals surface area contributed by atoms with E-state index in [-0.39, 0.29) is 16.9 Å². The predicted octanol–water partition coefficient (Wildman–Crippen LogP) is 1.66. The van der Waals surface area contributed by atoms with Gasteiger partial charge < -0.3 is 16.2 Å². The molecule has 0 atom stereocenters. The van der Waals surface area contributed by atoms with Crippen LogP contribution in [-0.4, -0.2) is 27.1 Å². The highest BCUT2D eigenvalue weighted by atomic mass is 16.6. The molecule has 0 aliphatic rings. The maximum Gasteiger partial charge on any atom is 0.292 e. The summed E-state index contributed by atoms with van der Waals surface area (Å²) in [7, 11) is 0. The van der Waals surface area contributed by atoms with Gasteiger partial charge in [-0.1, -0.05) is 0 Å². The Hall–Kier alpha value is -2.15. The Kier molecular flexibility index (Phi) is 4.04. The molecule has 0 unspecified atom stereocenters. The van der Waals surface area contributed by atoms with Gasteiger partial charge in [0, 0.05) is 11.6 Å². The van der Waals surface area contributed by atoms with Gasteiger partial charge in [-0.25, -0.2) is 0 Å². The van der Waals surface area contributed by atoms with Crippen LogP contribution < -0.4 is 11.1 Å². The Morgan fingerprint density at radius 3 is 2.30 bits per heavy atom. The minimum atomic E-state index is -1.14. The van der Waals surface area contributed by atoms with Gasteiger partial charge in [0.15, 0.2) is 0 Å². The quantitative estimate of drug-likeness (QED) is 0.560. The minimum Gasteiger partial charge on any atom is -0.388 e. The molecule has 7 nitrogen and oxygen atoms in total. The molecule has 1 rings (SSSR count). The number of nitro benzene ring substituents is 1. The number of primary amides is 1. The van der Waals surface area contributed by atoms with Crippen LogP contribution in [0.15, 0.2) is 18.2 Å². The smallest absolute Gasteiger partial charge is 0.292 e. The van der Waals surface area contributed by atoms with Crippen LogP contribution in [0.5, 0.6) is 0 Å². The summed E-state index contributed by atoms with van der Waals surface area (Å²) < 4.78 is 0. The first-order valence-corrected chi connectivity index (χ1v) is 6.04. The first kappa shape index (κ1) is 15.9. The molecule has 0 fully saturated rings. The van der Waals surface area contributed by atoms with Crippen molar-refractivity contribution in [2.45, 2.75) is 38.8 Å². The number of nitrogens with two attached hydrogens (primary N) is 1. The number of carbonyl (C=O) groups is 1. The molecule has 0 aliphatic heterocycles. The number of rotatable bonds is 5. The molecule has 0 saturated carbocycles. The van der Waals surface area contributed by atoms with E-state index in [1.807, 2.05) is 0 Å². The van der Waals surface area contributed by atoms with Crippen molar-refractivity contribution in [2.75, 3.05) is 5.32 Å². The van der Waals surface area contributed by atoms with Crippen LogP contribution in [0, 0.1) is 10.1 Å². The van der Waals surface area contributed by atoms with Gasteiger partial charge in [0.25, 0.3) is 5.69 Å². The minimum absolute atomic E-state index is 0.137. The van der Waals surface area contributed by atoms with Gasteiger partial charge in [-0.15, -0.1) is 0 Å². The molecule has 0 spiro atoms. The summed E-state index contributed by atoms with van der Waals surface area (Å²) in [6.45, 7) is 6.58. The van der Waals surface area contributed by atoms with Gasteiger partial charge in [0.1, 0.15) is 5.69 Å². The van der Waals surface area contributed by atoms with Gasteiger partial charge in [-0.05, 0) is 39.8 Å². The van der Waals surface area contributed by atoms with Crippen LogP contribution in [-0.2, 0) is 0 Å². The molecule has 0 saturated heterocycles. The summed E-state index contributed by atoms with van der Waals surface area (Å²) in [5, 5.41) is 24.0. The summed E-state index contributed by atoms with van der Waals surface area (Å²) in [6, 6.07) is 3.82. The number of hydrogen-bond donors (Lipinski definition) is 3. The van der Waals surface area contributed by atoms with Crippen molar-refractivity contribution in [3.05, 3.63) is 33.9 Å². The average molecular weight is 281 g/mol. The maximum atomic E-state index is 11.2. The van der Waals surface area contributed by atoms with E-state index in [2.05, 4.69) is 5.32 Å². The summed E-state index contributed by atoms with van der Waals surface area (Å²) in [4.78, 5) is 21.6. The maximum absolute atomic E-state index is 11.2. The first-order valence-electron chi connectivity index (χ1n) is 6.04. The molecule has 0 bridgehead atoms. The Bertz CT molecular complexity index is 547. The molecule has 110 valence electrons. The van der Waals surface area contributed by atoms with Crippen LogP contribution >= 0.6 is 0 Å². The standard InChI is InChI=1S/C13H19N3O4/c1-12(2,13(3,4)18)15-9-7-8(11(14)17)5-6-10(9)16(19)20/h5-7,15,18H,1-4H3,(H2,14,17). The third-order valence-electron chi connectivity index (χ3n) is 3.45. The van der Waals surface area contributed by atoms with Crippen molar-refractivity contribution in [3.63, 3.8) is 0 Å². The number of hydrogen-bond acceptors (Lipinski definition) is 5. The molecule has 1 aromatic carbocycles. The Morgan fingerprint density at radius 2 is 1.90 bits per heavy atom. The third kappa shape index (κ3) is 3.24. The highest BCUT2D eigenvalue weighted by Gasteiger charge is 2.36. The largest absolute Gasteiger partial charge is 0.388 e. The number of anilines is 1. The normalized spacial score (nSPS) is 12.1. The molecule has 0 aromatic heterocycles. The molecule has 1 aromatic rings. The van der Waals surface area contributed by atoms with Gasteiger partial charge in [0.2, 0.25) is 5.91 Å². The monoisotopic (exact) mass is 281 g/mol. The number of nitrogens with zero attached hydrogens (tertiary/aromatic N) is 1. The molecule has 20 heavy (non-hydrogen) atoms. The van der Waals surface area contributed by atoms with Crippen molar-refractivity contribution in [1.29, 1.82) is 0 Å². The summed E-state index contributed by atoms with van der Waals surface area (Å²) in [5.41, 5.74) is 3.29. The average Bonchev–Trinajstić information content (AvgIpc) is 2.26. The summed E-state index contributed by atoms with van der Waals surface area (Å²) in [5.74, 6) is -0.677. The highest BCUT2D eigenvalue weighted by Crippen LogP contribution is 2.32. The van der Waals surface area contributed by atoms with E-state index in [9.17, 15) is 20.0 Å². The van der Waals surface area contributed by atoms with E-state index in [0.29, 0.717) is 0 Å². The molecule has 0 heterocycles. The SMILES string of the molecule is CC(C)(O)C(C)(C)Nc1cc(C(N)=O)ccc1[N+](=O)[O-]. The Labute approximate surface area is 116 Å². The lowest BCUT2D eigenvalue weighted by atomic mass is 9.85. The molecular weight excluding hydrogens is 262 g/mol. The third-order valence-corrected chi connectivity index (χ3v) is 3.45. The van der Waals surface area contributed by atoms with Crippen LogP contribution in [0.4, 0.5) is 11.4 Å². The molecule has 0 radical (unpaired) electrons. The van der Waals surface area contributed by atoms with E-state index >= 15 is 0 Å². The highest BCUT2D eigenvalue weighted by molar-refractivity contribution is 5.94. The second-order valence-corrected chi connectivity index (χ2v) is 5.66. The predicted molar refractivity (Wildman–Crippen MR) is 75.6 cm³/mol. The zero-order chi connectivity index (χ0) is 15.7. The lowest BCUT2D eigenvalue weighted by Crippen LogP contribution is -2.51. The van der Waals surface area contributed by atoms with Crippen LogP contribution in [0.3, 0.4) is 0 Å². The van der Waals surface area contributed by atoms with Gasteiger partial charge >= 0.3 is 0 Å². The zero-order valence-electron chi connectivity index (χ0n) is 11.9. The lowest BCUT2D eigenvalue weighted by molar-refractivity contribution is -0.384. The van der Waals surface area contributed by atoms with Gasteiger partial charge in [0.05, 0.1) is 16.1 Å². The number of benzene rings is 1. The fourth-order valence-corrected chi connectivity index (χ4v) is 1.44. The molecule has 4 N–H and O–H groups in total. The Balaban J connectivity index is 3.31. The van der Waals surface area contributed by atoms with Crippen LogP contribution in [0.1, 0.15) is 38.1 Å². The lowest BCUT2D eigenvalue weighted by Gasteiger charge is -2.38. The second kappa shape index (κ2) is 5.09. The molecule has 1 amide bonds. The van der Waals surface area contributed by atoms with Gasteiger partial charge in [-0.2, -0.15) is 0 Å². The van der Waals surface area contributed by atoms with E-state index in [1.54, 1.807) is 27.7 Å². The summed E-state index contributed by atoms with van der Waals surface area (Å²) >= 11 is 0. The van der Waals surface area contributed by atoms with E-state index in [0.717, 1.165) is 0 Å². The number of aliphatic hydroxyl groups is 1. The number of amides is 1. The number of carbonyl (C=O) groups excluding carboxylic acids is 1. The topological polar surface area (TPSA) is 118 Å². The van der Waals surface area contributed by atoms with Crippen molar-refractivity contribution >= 4 is 17.3 Å². The van der Waals surface area contributed by atoms with E-state index in [1.165, 1.54) is 18.2 Å². The molecule has 0 aliphatic carbocycles. The second-order valence-electron chi connectivity index (χ2n) is 5.66. The van der Waals surface area contributed by atoms with Crippen molar-refractivity contribution in [2.24, 2.45) is 5.73 Å². The fourth-order valence-electron chi connectivity index (χ4n) is 1.44. The number of nitro groups is 1. The molecular formula is C13H19N3O4. The van der Waals surface area contributed by atoms with Crippen molar-refractivity contribution in [3.8, 4) is 0 Å². The van der Waals surface area contributed by atoms with Gasteiger partial charge in [-0.3, -0.25) is 14.9 Å². The van der Waals surface area contributed by atoms with Crippen LogP contribution in [0.25, 0.3) is 0 Å². The summed E-state index contributed by atoms with van der Waals surface area (Å²) in [6.07, 6.45) is 0. The number of nitrogens with one attached hydrogen (secondary N) is 1. The Morgan fingerprint density at radius 1 is 1.35 bits per heavy atom. The first-order chi connectivity index (χ1) is 8.95. The van der Waals surface area contributed by atoms with E-state index < -0.39 is 22.0 Å². The van der Waals surface area contributed by atoms with E-state index in [4.69, 9.17) is 5.73 Å². The zero-order valence-corrected chi connectivity index (χ0v) is 11.9. The van der Waals surface area contributed by atoms with Crippen molar-refractivity contribution < 1.29 is 14.8 Å². The van der Waals surface area contributed by atoms with Crippen molar-refractivity contribution in [1.82, 2.24) is 0 Å². The van der Waals surface area contributed by atoms with Crippen LogP contribution in [0.2, 0.25) is 0 Å². The molecule has 7 heteroatoms. The fraction of sp³-hybridized carbons (Fsp3) is 0.462.